The lowest BCUT2D eigenvalue weighted by molar-refractivity contribution is -0.00604. The van der Waals surface area contributed by atoms with Crippen LogP contribution in [0, 0.1) is 5.92 Å². The van der Waals surface area contributed by atoms with E-state index in [2.05, 4.69) is 77.9 Å². The first kappa shape index (κ1) is 18.2. The molecule has 0 saturated carbocycles. The fourth-order valence-electron chi connectivity index (χ4n) is 3.80. The molecule has 3 heterocycles. The number of benzene rings is 1. The number of piperidine rings is 1. The molecule has 2 aromatic heterocycles. The van der Waals surface area contributed by atoms with Crippen LogP contribution in [0.2, 0.25) is 0 Å². The van der Waals surface area contributed by atoms with Crippen LogP contribution in [0.1, 0.15) is 32.4 Å². The highest BCUT2D eigenvalue weighted by atomic mass is 16.5. The zero-order valence-corrected chi connectivity index (χ0v) is 16.3. The maximum Gasteiger partial charge on any atom is 0.137 e. The van der Waals surface area contributed by atoms with E-state index in [-0.39, 0.29) is 0 Å². The van der Waals surface area contributed by atoms with Crippen LogP contribution >= 0.6 is 0 Å². The largest absolute Gasteiger partial charge is 0.378 e. The SMILES string of the molecule is CC(C)COC1CCN(Cc2c(-c3ccccc3)nc3ccccn23)CC1. The first-order chi connectivity index (χ1) is 13.2. The molecule has 27 heavy (non-hydrogen) atoms. The van der Waals surface area contributed by atoms with Gasteiger partial charge in [-0.3, -0.25) is 4.90 Å². The minimum Gasteiger partial charge on any atom is -0.378 e. The van der Waals surface area contributed by atoms with Gasteiger partial charge in [0.25, 0.3) is 0 Å². The highest BCUT2D eigenvalue weighted by molar-refractivity contribution is 5.66. The molecule has 4 heteroatoms. The summed E-state index contributed by atoms with van der Waals surface area (Å²) in [6.07, 6.45) is 4.77. The van der Waals surface area contributed by atoms with Crippen molar-refractivity contribution in [3.63, 3.8) is 0 Å². The highest BCUT2D eigenvalue weighted by Crippen LogP contribution is 2.27. The zero-order chi connectivity index (χ0) is 18.6. The summed E-state index contributed by atoms with van der Waals surface area (Å²) < 4.78 is 8.29. The molecular formula is C23H29N3O. The first-order valence-corrected chi connectivity index (χ1v) is 10.1. The van der Waals surface area contributed by atoms with Crippen LogP contribution in [0.15, 0.2) is 54.7 Å². The van der Waals surface area contributed by atoms with Crippen molar-refractivity contribution in [2.45, 2.75) is 39.3 Å². The third kappa shape index (κ3) is 4.23. The summed E-state index contributed by atoms with van der Waals surface area (Å²) in [4.78, 5) is 7.46. The number of likely N-dealkylation sites (tertiary alicyclic amines) is 1. The summed E-state index contributed by atoms with van der Waals surface area (Å²) in [6.45, 7) is 8.38. The Hall–Kier alpha value is -2.17. The van der Waals surface area contributed by atoms with Crippen LogP contribution in [0.25, 0.3) is 16.9 Å². The summed E-state index contributed by atoms with van der Waals surface area (Å²) in [7, 11) is 0. The van der Waals surface area contributed by atoms with Gasteiger partial charge in [0.15, 0.2) is 0 Å². The molecule has 0 spiro atoms. The Morgan fingerprint density at radius 1 is 1.04 bits per heavy atom. The second-order valence-corrected chi connectivity index (χ2v) is 7.90. The van der Waals surface area contributed by atoms with E-state index in [0.29, 0.717) is 12.0 Å². The molecule has 0 radical (unpaired) electrons. The molecular weight excluding hydrogens is 334 g/mol. The molecule has 4 nitrogen and oxygen atoms in total. The van der Waals surface area contributed by atoms with E-state index in [1.807, 2.05) is 0 Å². The third-order valence-electron chi connectivity index (χ3n) is 5.25. The Labute approximate surface area is 161 Å². The van der Waals surface area contributed by atoms with Gasteiger partial charge in [0.1, 0.15) is 5.65 Å². The number of nitrogens with zero attached hydrogens (tertiary/aromatic N) is 3. The van der Waals surface area contributed by atoms with Gasteiger partial charge in [0.05, 0.1) is 17.5 Å². The Morgan fingerprint density at radius 3 is 2.52 bits per heavy atom. The van der Waals surface area contributed by atoms with E-state index < -0.39 is 0 Å². The molecule has 1 fully saturated rings. The van der Waals surface area contributed by atoms with Crippen molar-refractivity contribution in [1.29, 1.82) is 0 Å². The third-order valence-corrected chi connectivity index (χ3v) is 5.25. The van der Waals surface area contributed by atoms with Crippen molar-refractivity contribution >= 4 is 5.65 Å². The van der Waals surface area contributed by atoms with Gasteiger partial charge < -0.3 is 9.14 Å². The molecule has 1 aliphatic heterocycles. The molecule has 0 amide bonds. The number of aromatic nitrogens is 2. The number of hydrogen-bond acceptors (Lipinski definition) is 3. The molecule has 142 valence electrons. The first-order valence-electron chi connectivity index (χ1n) is 10.1. The molecule has 1 aromatic carbocycles. The lowest BCUT2D eigenvalue weighted by atomic mass is 10.1. The number of pyridine rings is 1. The number of fused-ring (bicyclic) bond motifs is 1. The second kappa shape index (κ2) is 8.24. The fourth-order valence-corrected chi connectivity index (χ4v) is 3.80. The fraction of sp³-hybridized carbons (Fsp3) is 0.435. The smallest absolute Gasteiger partial charge is 0.137 e. The van der Waals surface area contributed by atoms with Gasteiger partial charge >= 0.3 is 0 Å². The normalized spacial score (nSPS) is 16.4. The van der Waals surface area contributed by atoms with Crippen molar-refractivity contribution in [3.8, 4) is 11.3 Å². The Bertz CT molecular complexity index is 864. The van der Waals surface area contributed by atoms with E-state index in [0.717, 1.165) is 50.4 Å². The van der Waals surface area contributed by atoms with Crippen LogP contribution in [0.3, 0.4) is 0 Å². The lowest BCUT2D eigenvalue weighted by Gasteiger charge is -2.32. The lowest BCUT2D eigenvalue weighted by Crippen LogP contribution is -2.37. The molecule has 1 saturated heterocycles. The molecule has 1 aliphatic rings. The van der Waals surface area contributed by atoms with Gasteiger partial charge in [-0.15, -0.1) is 0 Å². The zero-order valence-electron chi connectivity index (χ0n) is 16.3. The average Bonchev–Trinajstić information content (AvgIpc) is 3.07. The van der Waals surface area contributed by atoms with E-state index in [9.17, 15) is 0 Å². The van der Waals surface area contributed by atoms with Crippen LogP contribution < -0.4 is 0 Å². The minimum absolute atomic E-state index is 0.416. The summed E-state index contributed by atoms with van der Waals surface area (Å²) in [5.74, 6) is 0.606. The van der Waals surface area contributed by atoms with E-state index in [4.69, 9.17) is 9.72 Å². The van der Waals surface area contributed by atoms with Crippen molar-refractivity contribution in [3.05, 3.63) is 60.4 Å². The van der Waals surface area contributed by atoms with Crippen molar-refractivity contribution in [1.82, 2.24) is 14.3 Å². The van der Waals surface area contributed by atoms with Crippen LogP contribution in [-0.4, -0.2) is 40.1 Å². The summed E-state index contributed by atoms with van der Waals surface area (Å²) in [6, 6.07) is 16.7. The highest BCUT2D eigenvalue weighted by Gasteiger charge is 2.23. The van der Waals surface area contributed by atoms with Gasteiger partial charge in [-0.05, 0) is 30.9 Å². The standard InChI is InChI=1S/C23H29N3O/c1-18(2)17-27-20-11-14-25(15-12-20)16-21-23(19-8-4-3-5-9-19)24-22-10-6-7-13-26(21)22/h3-10,13,18,20H,11-12,14-17H2,1-2H3. The predicted molar refractivity (Wildman–Crippen MR) is 110 cm³/mol. The molecule has 0 bridgehead atoms. The number of ether oxygens (including phenoxy) is 1. The van der Waals surface area contributed by atoms with Gasteiger partial charge in [-0.25, -0.2) is 4.98 Å². The quantitative estimate of drug-likeness (QED) is 0.639. The molecule has 0 N–H and O–H groups in total. The van der Waals surface area contributed by atoms with Gasteiger partial charge in [-0.1, -0.05) is 50.2 Å². The van der Waals surface area contributed by atoms with Crippen molar-refractivity contribution in [2.24, 2.45) is 5.92 Å². The Morgan fingerprint density at radius 2 is 1.78 bits per heavy atom. The van der Waals surface area contributed by atoms with Gasteiger partial charge in [-0.2, -0.15) is 0 Å². The molecule has 0 aliphatic carbocycles. The minimum atomic E-state index is 0.416. The van der Waals surface area contributed by atoms with Gasteiger partial charge in [0.2, 0.25) is 0 Å². The number of hydrogen-bond donors (Lipinski definition) is 0. The van der Waals surface area contributed by atoms with Gasteiger partial charge in [0, 0.05) is 38.0 Å². The average molecular weight is 364 g/mol. The summed E-state index contributed by atoms with van der Waals surface area (Å²) in [5, 5.41) is 0. The van der Waals surface area contributed by atoms with E-state index in [1.54, 1.807) is 0 Å². The monoisotopic (exact) mass is 363 g/mol. The second-order valence-electron chi connectivity index (χ2n) is 7.90. The Kier molecular flexibility index (Phi) is 5.55. The Balaban J connectivity index is 1.52. The molecule has 3 aromatic rings. The van der Waals surface area contributed by atoms with Crippen LogP contribution in [0.4, 0.5) is 0 Å². The number of rotatable bonds is 6. The maximum absolute atomic E-state index is 6.05. The number of imidazole rings is 1. The molecule has 0 atom stereocenters. The summed E-state index contributed by atoms with van der Waals surface area (Å²) >= 11 is 0. The molecule has 4 rings (SSSR count). The van der Waals surface area contributed by atoms with Crippen molar-refractivity contribution < 1.29 is 4.74 Å². The maximum atomic E-state index is 6.05. The van der Waals surface area contributed by atoms with E-state index >= 15 is 0 Å². The van der Waals surface area contributed by atoms with Crippen molar-refractivity contribution in [2.75, 3.05) is 19.7 Å². The topological polar surface area (TPSA) is 29.8 Å². The summed E-state index contributed by atoms with van der Waals surface area (Å²) in [5.41, 5.74) is 4.58. The molecule has 0 unspecified atom stereocenters. The van der Waals surface area contributed by atoms with E-state index in [1.165, 1.54) is 11.3 Å². The predicted octanol–water partition coefficient (Wildman–Crippen LogP) is 4.64. The van der Waals surface area contributed by atoms with Crippen LogP contribution in [0.5, 0.6) is 0 Å². The van der Waals surface area contributed by atoms with Crippen LogP contribution in [-0.2, 0) is 11.3 Å².